The number of H-pyrrole nitrogens is 1. The van der Waals surface area contributed by atoms with Gasteiger partial charge in [0.2, 0.25) is 15.0 Å². The molecule has 0 bridgehead atoms. The number of rotatable bonds is 3. The topological polar surface area (TPSA) is 136 Å². The van der Waals surface area contributed by atoms with Crippen LogP contribution >= 0.6 is 0 Å². The number of ether oxygens (including phenoxy) is 1. The van der Waals surface area contributed by atoms with Crippen LogP contribution in [0.4, 0.5) is 10.5 Å². The Kier molecular flexibility index (Phi) is 5.04. The van der Waals surface area contributed by atoms with Crippen LogP contribution in [0, 0.1) is 10.1 Å². The number of aromatic amines is 1. The van der Waals surface area contributed by atoms with E-state index in [2.05, 4.69) is 9.97 Å². The van der Waals surface area contributed by atoms with Gasteiger partial charge in [-0.25, -0.2) is 18.2 Å². The standard InChI is InChI=1S/C17H22N4O6S/c1-17(2,3)27-16(22)20-8-4-5-12(10-20)28(25,26)15-18-13-7-6-11(21(23)24)9-14(13)19-15/h6-7,9,12H,4-5,8,10H2,1-3H3,(H,18,19)/t12-/m0/s1. The van der Waals surface area contributed by atoms with E-state index in [-0.39, 0.29) is 22.9 Å². The van der Waals surface area contributed by atoms with Gasteiger partial charge < -0.3 is 14.6 Å². The number of nitro groups is 1. The van der Waals surface area contributed by atoms with Gasteiger partial charge in [0.25, 0.3) is 5.69 Å². The largest absolute Gasteiger partial charge is 0.444 e. The Morgan fingerprint density at radius 3 is 2.75 bits per heavy atom. The highest BCUT2D eigenvalue weighted by Gasteiger charge is 2.37. The summed E-state index contributed by atoms with van der Waals surface area (Å²) in [6, 6.07) is 3.91. The molecular formula is C17H22N4O6S. The minimum atomic E-state index is -3.85. The summed E-state index contributed by atoms with van der Waals surface area (Å²) >= 11 is 0. The molecule has 2 aromatic rings. The van der Waals surface area contributed by atoms with Crippen LogP contribution in [0.25, 0.3) is 11.0 Å². The highest BCUT2D eigenvalue weighted by atomic mass is 32.2. The predicted octanol–water partition coefficient (Wildman–Crippen LogP) is 2.64. The molecule has 11 heteroatoms. The quantitative estimate of drug-likeness (QED) is 0.607. The number of non-ortho nitro benzene ring substituents is 1. The Bertz CT molecular complexity index is 1020. The molecule has 2 heterocycles. The first kappa shape index (κ1) is 20.1. The maximum atomic E-state index is 13.0. The highest BCUT2D eigenvalue weighted by Crippen LogP contribution is 2.26. The number of imidazole rings is 1. The van der Waals surface area contributed by atoms with Gasteiger partial charge in [-0.1, -0.05) is 0 Å². The van der Waals surface area contributed by atoms with Gasteiger partial charge >= 0.3 is 6.09 Å². The van der Waals surface area contributed by atoms with Crippen LogP contribution in [0.15, 0.2) is 23.4 Å². The van der Waals surface area contributed by atoms with Crippen molar-refractivity contribution in [2.24, 2.45) is 0 Å². The molecule has 1 aliphatic heterocycles. The Morgan fingerprint density at radius 1 is 1.39 bits per heavy atom. The van der Waals surface area contributed by atoms with E-state index in [0.29, 0.717) is 24.9 Å². The number of sulfone groups is 1. The zero-order valence-electron chi connectivity index (χ0n) is 15.8. The number of benzene rings is 1. The minimum Gasteiger partial charge on any atom is -0.444 e. The molecule has 0 radical (unpaired) electrons. The number of hydrogen-bond acceptors (Lipinski definition) is 7. The number of nitrogens with zero attached hydrogens (tertiary/aromatic N) is 3. The van der Waals surface area contributed by atoms with Crippen molar-refractivity contribution in [3.63, 3.8) is 0 Å². The van der Waals surface area contributed by atoms with Crippen molar-refractivity contribution in [1.29, 1.82) is 0 Å². The Balaban J connectivity index is 1.84. The molecule has 152 valence electrons. The fraction of sp³-hybridized carbons (Fsp3) is 0.529. The average molecular weight is 410 g/mol. The minimum absolute atomic E-state index is 0.00837. The van der Waals surface area contributed by atoms with Crippen molar-refractivity contribution >= 4 is 32.7 Å². The fourth-order valence-corrected chi connectivity index (χ4v) is 4.71. The molecule has 1 fully saturated rings. The second kappa shape index (κ2) is 7.04. The predicted molar refractivity (Wildman–Crippen MR) is 101 cm³/mol. The van der Waals surface area contributed by atoms with Crippen molar-refractivity contribution in [1.82, 2.24) is 14.9 Å². The summed E-state index contributed by atoms with van der Waals surface area (Å²) < 4.78 is 31.4. The number of fused-ring (bicyclic) bond motifs is 1. The van der Waals surface area contributed by atoms with Gasteiger partial charge in [0.05, 0.1) is 21.2 Å². The van der Waals surface area contributed by atoms with Crippen molar-refractivity contribution in [3.05, 3.63) is 28.3 Å². The number of aromatic nitrogens is 2. The molecule has 0 unspecified atom stereocenters. The molecule has 28 heavy (non-hydrogen) atoms. The van der Waals surface area contributed by atoms with Crippen LogP contribution in [0.5, 0.6) is 0 Å². The van der Waals surface area contributed by atoms with Crippen LogP contribution in [0.2, 0.25) is 0 Å². The van der Waals surface area contributed by atoms with E-state index in [9.17, 15) is 23.3 Å². The van der Waals surface area contributed by atoms with Crippen LogP contribution < -0.4 is 0 Å². The number of hydrogen-bond donors (Lipinski definition) is 1. The van der Waals surface area contributed by atoms with Crippen LogP contribution in [-0.2, 0) is 14.6 Å². The van der Waals surface area contributed by atoms with Crippen molar-refractivity contribution in [2.45, 2.75) is 49.6 Å². The number of nitrogens with one attached hydrogen (secondary N) is 1. The van der Waals surface area contributed by atoms with Gasteiger partial charge in [-0.3, -0.25) is 10.1 Å². The summed E-state index contributed by atoms with van der Waals surface area (Å²) in [7, 11) is -3.85. The third kappa shape index (κ3) is 4.08. The Morgan fingerprint density at radius 2 is 2.11 bits per heavy atom. The first-order valence-electron chi connectivity index (χ1n) is 8.83. The molecule has 3 rings (SSSR count). The third-order valence-corrected chi connectivity index (χ3v) is 6.39. The second-order valence-electron chi connectivity index (χ2n) is 7.74. The van der Waals surface area contributed by atoms with Crippen LogP contribution in [0.1, 0.15) is 33.6 Å². The zero-order chi connectivity index (χ0) is 20.7. The zero-order valence-corrected chi connectivity index (χ0v) is 16.7. The maximum absolute atomic E-state index is 13.0. The smallest absolute Gasteiger partial charge is 0.410 e. The molecule has 1 amide bonds. The number of carbonyl (C=O) groups is 1. The number of piperidine rings is 1. The fourth-order valence-electron chi connectivity index (χ4n) is 3.06. The second-order valence-corrected chi connectivity index (χ2v) is 9.88. The van der Waals surface area contributed by atoms with Gasteiger partial charge in [0.15, 0.2) is 0 Å². The summed E-state index contributed by atoms with van der Waals surface area (Å²) in [5.41, 5.74) is -0.235. The lowest BCUT2D eigenvalue weighted by Crippen LogP contribution is -2.47. The molecule has 0 aliphatic carbocycles. The highest BCUT2D eigenvalue weighted by molar-refractivity contribution is 7.91. The maximum Gasteiger partial charge on any atom is 0.410 e. The molecule has 0 spiro atoms. The van der Waals surface area contributed by atoms with Gasteiger partial charge in [-0.05, 0) is 39.7 Å². The summed E-state index contributed by atoms with van der Waals surface area (Å²) in [5.74, 6) is 0. The molecule has 1 aromatic carbocycles. The Labute approximate surface area is 161 Å². The lowest BCUT2D eigenvalue weighted by Gasteiger charge is -2.33. The third-order valence-electron chi connectivity index (χ3n) is 4.39. The van der Waals surface area contributed by atoms with E-state index in [4.69, 9.17) is 4.74 Å². The number of carbonyl (C=O) groups excluding carboxylic acids is 1. The molecule has 1 aliphatic rings. The number of nitro benzene ring substituents is 1. The first-order chi connectivity index (χ1) is 13.0. The molecule has 10 nitrogen and oxygen atoms in total. The van der Waals surface area contributed by atoms with Crippen molar-refractivity contribution in [2.75, 3.05) is 13.1 Å². The summed E-state index contributed by atoms with van der Waals surface area (Å²) in [6.45, 7) is 5.67. The van der Waals surface area contributed by atoms with Crippen molar-refractivity contribution < 1.29 is 22.9 Å². The summed E-state index contributed by atoms with van der Waals surface area (Å²) in [4.78, 5) is 30.8. The number of amides is 1. The van der Waals surface area contributed by atoms with Crippen molar-refractivity contribution in [3.8, 4) is 0 Å². The van der Waals surface area contributed by atoms with Crippen LogP contribution in [0.3, 0.4) is 0 Å². The SMILES string of the molecule is CC(C)(C)OC(=O)N1CCC[C@H](S(=O)(=O)c2nc3ccc([N+](=O)[O-])cc3[nH]2)C1. The van der Waals surface area contributed by atoms with E-state index in [1.54, 1.807) is 20.8 Å². The molecule has 1 saturated heterocycles. The van der Waals surface area contributed by atoms with Gasteiger partial charge in [0, 0.05) is 25.2 Å². The molecule has 1 N–H and O–H groups in total. The van der Waals surface area contributed by atoms with Crippen LogP contribution in [-0.4, -0.2) is 58.2 Å². The molecule has 1 aromatic heterocycles. The summed E-state index contributed by atoms with van der Waals surface area (Å²) in [6.07, 6.45) is 0.362. The van der Waals surface area contributed by atoms with Gasteiger partial charge in [0.1, 0.15) is 5.60 Å². The molecular weight excluding hydrogens is 388 g/mol. The van der Waals surface area contributed by atoms with E-state index in [1.165, 1.54) is 23.1 Å². The number of likely N-dealkylation sites (tertiary alicyclic amines) is 1. The van der Waals surface area contributed by atoms with E-state index in [0.717, 1.165) is 0 Å². The monoisotopic (exact) mass is 410 g/mol. The normalized spacial score (nSPS) is 18.2. The summed E-state index contributed by atoms with van der Waals surface area (Å²) in [5, 5.41) is 9.82. The average Bonchev–Trinajstić information content (AvgIpc) is 3.04. The lowest BCUT2D eigenvalue weighted by molar-refractivity contribution is -0.384. The molecule has 0 saturated carbocycles. The lowest BCUT2D eigenvalue weighted by atomic mass is 10.1. The van der Waals surface area contributed by atoms with Gasteiger partial charge in [-0.15, -0.1) is 0 Å². The van der Waals surface area contributed by atoms with E-state index < -0.39 is 31.7 Å². The van der Waals surface area contributed by atoms with E-state index >= 15 is 0 Å². The van der Waals surface area contributed by atoms with Gasteiger partial charge in [-0.2, -0.15) is 0 Å². The molecule has 1 atom stereocenters. The Hall–Kier alpha value is -2.69. The van der Waals surface area contributed by atoms with E-state index in [1.807, 2.05) is 0 Å². The first-order valence-corrected chi connectivity index (χ1v) is 10.4.